The van der Waals surface area contributed by atoms with Gasteiger partial charge in [0.25, 0.3) is 11.8 Å². The summed E-state index contributed by atoms with van der Waals surface area (Å²) in [5, 5.41) is 24.9. The Morgan fingerprint density at radius 2 is 1.02 bits per heavy atom. The van der Waals surface area contributed by atoms with Crippen LogP contribution in [-0.4, -0.2) is 52.9 Å². The molecule has 0 aliphatic carbocycles. The molecule has 0 atom stereocenters. The molecule has 2 heterocycles. The molecule has 14 nitrogen and oxygen atoms in total. The molecule has 6 amide bonds. The molecule has 0 spiro atoms. The summed E-state index contributed by atoms with van der Waals surface area (Å²) in [4.78, 5) is 54.8. The fraction of sp³-hybridized carbons (Fsp3) is 0.136. The number of hydrogen-bond acceptors (Lipinski definition) is 8. The van der Waals surface area contributed by atoms with E-state index in [1.54, 1.807) is 85.8 Å². The van der Waals surface area contributed by atoms with Crippen molar-refractivity contribution in [1.82, 2.24) is 20.6 Å². The Labute approximate surface area is 433 Å². The normalized spacial score (nSPS) is 11.3. The number of aromatic hydroxyl groups is 1. The number of phenolic OH excluding ortho intramolecular Hbond substituents is 1. The second-order valence-electron chi connectivity index (χ2n) is 12.3. The maximum absolute atomic E-state index is 12.2. The van der Waals surface area contributed by atoms with Gasteiger partial charge in [0.05, 0.1) is 0 Å². The van der Waals surface area contributed by atoms with Gasteiger partial charge in [-0.1, -0.05) is 30.6 Å². The van der Waals surface area contributed by atoms with Gasteiger partial charge in [0.2, 0.25) is 0 Å². The number of nitrogens with zero attached hydrogens (tertiary/aromatic N) is 2. The molecule has 1 radical (unpaired) electrons. The number of carbonyl (C=O) groups excluding carboxylic acids is 4. The number of nitrogens with one attached hydrogen (secondary N) is 6. The van der Waals surface area contributed by atoms with Gasteiger partial charge >= 0.3 is 62.5 Å². The fourth-order valence-electron chi connectivity index (χ4n) is 4.71. The molecule has 20 heteroatoms. The molecular formula is C44H46Cl2I3N8O6V-. The number of urea groups is 2. The number of hydrogen-bond donors (Lipinski definition) is 7. The van der Waals surface area contributed by atoms with E-state index in [4.69, 9.17) is 41.3 Å². The third kappa shape index (κ3) is 21.1. The molecule has 0 fully saturated rings. The first-order valence-corrected chi connectivity index (χ1v) is 30.9. The zero-order valence-electron chi connectivity index (χ0n) is 39.3. The Balaban J connectivity index is 0.000000548. The van der Waals surface area contributed by atoms with Crippen LogP contribution in [0.3, 0.4) is 0 Å². The Morgan fingerprint density at radius 1 is 0.609 bits per heavy atom. The fourth-order valence-corrected chi connectivity index (χ4v) is 4.94. The molecule has 339 valence electrons. The van der Waals surface area contributed by atoms with Gasteiger partial charge in [-0.3, -0.25) is 19.6 Å². The van der Waals surface area contributed by atoms with Crippen LogP contribution in [0.25, 0.3) is 0 Å². The van der Waals surface area contributed by atoms with E-state index in [0.717, 1.165) is 16.7 Å². The Hall–Kier alpha value is -4.39. The van der Waals surface area contributed by atoms with Crippen molar-refractivity contribution in [2.75, 3.05) is 35.2 Å². The summed E-state index contributed by atoms with van der Waals surface area (Å²) in [6.45, 7) is 0.425. The molecule has 6 rings (SSSR count). The zero-order valence-corrected chi connectivity index (χ0v) is 42.6. The molecular weight excluding hydrogens is 1240 g/mol. The molecule has 4 aromatic carbocycles. The standard InChI is InChI=1S/C21H19ClN4O3.C14H13ClN2O2.C8H10N2O.CH4.I3.V/c1-13-11-15(5-8-18(13)22)26-21(28)25-14-3-6-16(7-4-14)29-17-9-10-24-19(12-17)20(27)23-2;1-9-8-11(4-7-13(9)15)17-14(19)16-10-2-5-12(18)6-3-10;1-6-3-4-10-7(5-6)8(11)9-2;;1-3-2;/h3-12H,1-2H3,(H,23,27)(H2,25,26,28);2-8,18H,1H3,(H2,16,17,19);3-5H,1-2H3,(H,9,11);1H4;;/q;;;;-1;/i2D3;;2D3;;;. The van der Waals surface area contributed by atoms with Crippen LogP contribution < -0.4 is 49.9 Å². The molecule has 0 aliphatic heterocycles. The van der Waals surface area contributed by atoms with Crippen molar-refractivity contribution in [1.29, 1.82) is 0 Å². The molecule has 0 unspecified atom stereocenters. The first-order valence-electron chi connectivity index (χ1n) is 20.6. The van der Waals surface area contributed by atoms with E-state index < -0.39 is 31.8 Å². The minimum atomic E-state index is -2.61. The number of amides is 6. The number of ether oxygens (including phenoxy) is 1. The van der Waals surface area contributed by atoms with E-state index in [9.17, 15) is 19.2 Å². The van der Waals surface area contributed by atoms with Gasteiger partial charge in [0.1, 0.15) is 28.6 Å². The van der Waals surface area contributed by atoms with Crippen LogP contribution in [0.1, 0.15) is 53.3 Å². The van der Waals surface area contributed by atoms with E-state index >= 15 is 0 Å². The van der Waals surface area contributed by atoms with Gasteiger partial charge in [-0.2, -0.15) is 0 Å². The summed E-state index contributed by atoms with van der Waals surface area (Å²) in [7, 11) is 0. The number of rotatable bonds is 8. The zero-order chi connectivity index (χ0) is 50.6. The number of pyridine rings is 2. The largest absolute Gasteiger partial charge is 0.457 e. The molecule has 0 bridgehead atoms. The van der Waals surface area contributed by atoms with Crippen molar-refractivity contribution in [2.45, 2.75) is 28.2 Å². The van der Waals surface area contributed by atoms with Crippen molar-refractivity contribution in [3.63, 3.8) is 0 Å². The van der Waals surface area contributed by atoms with E-state index in [1.165, 1.54) is 42.7 Å². The average molecular weight is 1290 g/mol. The predicted molar refractivity (Wildman–Crippen MR) is 267 cm³/mol. The first kappa shape index (κ1) is 47.6. The number of aryl methyl sites for hydroxylation is 3. The third-order valence-corrected chi connectivity index (χ3v) is 8.49. The van der Waals surface area contributed by atoms with Crippen LogP contribution in [0.15, 0.2) is 122 Å². The van der Waals surface area contributed by atoms with Gasteiger partial charge in [0, 0.05) is 92.0 Å². The van der Waals surface area contributed by atoms with Gasteiger partial charge < -0.3 is 41.7 Å². The third-order valence-electron chi connectivity index (χ3n) is 7.64. The maximum Gasteiger partial charge on any atom is 0.323 e. The van der Waals surface area contributed by atoms with Gasteiger partial charge in [0.15, 0.2) is 0 Å². The number of phenols is 1. The summed E-state index contributed by atoms with van der Waals surface area (Å²) in [5.41, 5.74) is 5.03. The molecule has 2 aromatic heterocycles. The SMILES string of the molecule is C.Cc1cc(NC(=O)Nc2ccc(O)cc2)ccc1Cl.I[I-]I.[2H]C([2H])([2H])NC(=O)c1cc(C)ccn1.[2H]C([2H])([2H])NC(=O)c1cc(Oc2ccc(NC(=O)Nc3ccc(Cl)c(C)c3)cc2)ccn1.[V]. The Bertz CT molecular complexity index is 2660. The van der Waals surface area contributed by atoms with Gasteiger partial charge in [-0.25, -0.2) is 9.59 Å². The molecule has 0 saturated carbocycles. The minimum Gasteiger partial charge on any atom is -0.457 e. The summed E-state index contributed by atoms with van der Waals surface area (Å²) in [6.07, 6.45) is 2.80. The molecule has 7 N–H and O–H groups in total. The average Bonchev–Trinajstić information content (AvgIpc) is 3.25. The first-order chi connectivity index (χ1) is 31.9. The molecule has 0 saturated heterocycles. The summed E-state index contributed by atoms with van der Waals surface area (Å²) in [5.74, 6) is -0.630. The number of aromatic nitrogens is 2. The van der Waals surface area contributed by atoms with Crippen LogP contribution in [0, 0.1) is 20.8 Å². The van der Waals surface area contributed by atoms with E-state index in [0.29, 0.717) is 57.5 Å². The number of carbonyl (C=O) groups is 4. The topological polar surface area (TPSA) is 196 Å². The summed E-state index contributed by atoms with van der Waals surface area (Å²) in [6, 6.07) is 28.5. The number of benzene rings is 4. The van der Waals surface area contributed by atoms with Crippen molar-refractivity contribution < 1.29 is 69.1 Å². The van der Waals surface area contributed by atoms with E-state index in [-0.39, 0.29) is 49.2 Å². The molecule has 0 aliphatic rings. The van der Waals surface area contributed by atoms with Crippen molar-refractivity contribution in [3.05, 3.63) is 160 Å². The monoisotopic (exact) mass is 1290 g/mol. The van der Waals surface area contributed by atoms with Crippen LogP contribution >= 0.6 is 60.4 Å². The summed E-state index contributed by atoms with van der Waals surface area (Å²) < 4.78 is 47.5. The molecule has 64 heavy (non-hydrogen) atoms. The Morgan fingerprint density at radius 3 is 1.45 bits per heavy atom. The van der Waals surface area contributed by atoms with Crippen LogP contribution in [0.2, 0.25) is 10.0 Å². The van der Waals surface area contributed by atoms with E-state index in [2.05, 4.69) is 68.5 Å². The van der Waals surface area contributed by atoms with Gasteiger partial charge in [-0.15, -0.1) is 0 Å². The maximum atomic E-state index is 12.2. The Kier molecular flexibility index (Phi) is 22.8. The summed E-state index contributed by atoms with van der Waals surface area (Å²) >= 11 is 17.2. The minimum absolute atomic E-state index is 0. The second-order valence-corrected chi connectivity index (χ2v) is 29.4. The van der Waals surface area contributed by atoms with Crippen LogP contribution in [-0.2, 0) is 18.6 Å². The van der Waals surface area contributed by atoms with Crippen molar-refractivity contribution in [3.8, 4) is 17.2 Å². The van der Waals surface area contributed by atoms with Gasteiger partial charge in [-0.05, 0) is 141 Å². The number of anilines is 4. The number of halogens is 5. The second kappa shape index (κ2) is 30.7. The van der Waals surface area contributed by atoms with E-state index in [1.807, 2.05) is 24.5 Å². The quantitative estimate of drug-likeness (QED) is 0.0579. The van der Waals surface area contributed by atoms with Crippen molar-refractivity contribution in [2.24, 2.45) is 0 Å². The van der Waals surface area contributed by atoms with Crippen LogP contribution in [0.5, 0.6) is 17.2 Å². The smallest absolute Gasteiger partial charge is 0.323 e. The molecule has 6 aromatic rings. The predicted octanol–water partition coefficient (Wildman–Crippen LogP) is 9.00. The van der Waals surface area contributed by atoms with Crippen molar-refractivity contribution >= 4 is 107 Å². The van der Waals surface area contributed by atoms with Crippen LogP contribution in [0.4, 0.5) is 32.3 Å².